The standard InChI is InChI=1S/C24H28O13/c1-7-16(28)34-14-12(27)22-13-10(32-8(2)25)11(20(4,5)6)21(22)15(33-9(3)26)17(29)36-19(21)37-24(22,18(30)35-13)23(7,14)31/h7,10-15,19,27,31H,1-6H3/t7-,10-,11+,12-,13-,14+,15+,19+,21+,22-,23-,24-/m1/s1. The van der Waals surface area contributed by atoms with Crippen LogP contribution in [0.5, 0.6) is 0 Å². The lowest BCUT2D eigenvalue weighted by Crippen LogP contribution is -2.67. The van der Waals surface area contributed by atoms with E-state index in [9.17, 15) is 34.2 Å². The average molecular weight is 524 g/mol. The summed E-state index contributed by atoms with van der Waals surface area (Å²) in [5.41, 5.74) is -9.79. The van der Waals surface area contributed by atoms with E-state index in [-0.39, 0.29) is 0 Å². The molecule has 37 heavy (non-hydrogen) atoms. The molecule has 2 spiro atoms. The fraction of sp³-hybridized carbons (Fsp3) is 0.792. The van der Waals surface area contributed by atoms with Gasteiger partial charge in [0.15, 0.2) is 17.8 Å². The van der Waals surface area contributed by atoms with Gasteiger partial charge in [0.25, 0.3) is 0 Å². The quantitative estimate of drug-likeness (QED) is 0.323. The molecule has 4 aliphatic heterocycles. The number of hydrogen-bond acceptors (Lipinski definition) is 13. The SMILES string of the molecule is CC(=O)O[C@H]1[C@H]2OC(=O)[C@@]34O[C@@H]5OC(=O)[C@H](OC(C)=O)[C@]5([C@@H]1C(C)(C)C)[C@@]23[C@H](O)[C@@H]1OC(=O)[C@@H](C)[C@@]14O. The molecule has 0 aromatic rings. The minimum absolute atomic E-state index is 0.737. The normalized spacial score (nSPS) is 52.6. The van der Waals surface area contributed by atoms with E-state index in [1.54, 1.807) is 20.8 Å². The van der Waals surface area contributed by atoms with Gasteiger partial charge in [-0.25, -0.2) is 9.59 Å². The largest absolute Gasteiger partial charge is 0.458 e. The fourth-order valence-electron chi connectivity index (χ4n) is 8.83. The monoisotopic (exact) mass is 524 g/mol. The van der Waals surface area contributed by atoms with E-state index < -0.39 is 106 Å². The zero-order chi connectivity index (χ0) is 27.2. The van der Waals surface area contributed by atoms with Crippen LogP contribution in [0.3, 0.4) is 0 Å². The number of aliphatic hydroxyl groups is 2. The second-order valence-corrected chi connectivity index (χ2v) is 12.0. The Morgan fingerprint density at radius 3 is 2.14 bits per heavy atom. The number of aliphatic hydroxyl groups excluding tert-OH is 1. The molecule has 0 aromatic carbocycles. The van der Waals surface area contributed by atoms with Crippen molar-refractivity contribution < 1.29 is 62.6 Å². The molecular weight excluding hydrogens is 496 g/mol. The first-order valence-corrected chi connectivity index (χ1v) is 12.1. The van der Waals surface area contributed by atoms with E-state index in [1.807, 2.05) is 0 Å². The summed E-state index contributed by atoms with van der Waals surface area (Å²) in [7, 11) is 0. The number of carbonyl (C=O) groups is 5. The molecule has 202 valence electrons. The van der Waals surface area contributed by atoms with Gasteiger partial charge in [-0.1, -0.05) is 20.8 Å². The maximum absolute atomic E-state index is 13.8. The third-order valence-electron chi connectivity index (χ3n) is 9.48. The molecule has 0 radical (unpaired) electrons. The van der Waals surface area contributed by atoms with Crippen molar-refractivity contribution >= 4 is 29.8 Å². The van der Waals surface area contributed by atoms with E-state index in [4.69, 9.17) is 28.4 Å². The minimum Gasteiger partial charge on any atom is -0.458 e. The molecule has 2 aliphatic carbocycles. The van der Waals surface area contributed by atoms with Crippen molar-refractivity contribution in [1.82, 2.24) is 0 Å². The second-order valence-electron chi connectivity index (χ2n) is 12.0. The van der Waals surface area contributed by atoms with Crippen LogP contribution in [0.15, 0.2) is 0 Å². The summed E-state index contributed by atoms with van der Waals surface area (Å²) in [5.74, 6) is -6.95. The highest BCUT2D eigenvalue weighted by atomic mass is 16.8. The van der Waals surface area contributed by atoms with E-state index in [2.05, 4.69) is 0 Å². The Labute approximate surface area is 210 Å². The predicted octanol–water partition coefficient (Wildman–Crippen LogP) is -1.26. The van der Waals surface area contributed by atoms with E-state index in [1.165, 1.54) is 6.92 Å². The summed E-state index contributed by atoms with van der Waals surface area (Å²) in [6.45, 7) is 8.86. The van der Waals surface area contributed by atoms with E-state index >= 15 is 0 Å². The molecule has 13 heteroatoms. The van der Waals surface area contributed by atoms with Gasteiger partial charge in [-0.3, -0.25) is 14.4 Å². The molecule has 4 saturated heterocycles. The highest BCUT2D eigenvalue weighted by Gasteiger charge is 3.06. The van der Waals surface area contributed by atoms with Gasteiger partial charge < -0.3 is 38.6 Å². The summed E-state index contributed by atoms with van der Waals surface area (Å²) < 4.78 is 34.3. The zero-order valence-electron chi connectivity index (χ0n) is 21.0. The third-order valence-corrected chi connectivity index (χ3v) is 9.48. The topological polar surface area (TPSA) is 181 Å². The number of rotatable bonds is 2. The van der Waals surface area contributed by atoms with E-state index in [0.29, 0.717) is 0 Å². The molecule has 6 rings (SSSR count). The second kappa shape index (κ2) is 6.62. The Bertz CT molecular complexity index is 1170. The van der Waals surface area contributed by atoms with Crippen LogP contribution < -0.4 is 0 Å². The molecule has 2 N–H and O–H groups in total. The first-order chi connectivity index (χ1) is 17.1. The number of hydrogen-bond donors (Lipinski definition) is 2. The molecule has 2 saturated carbocycles. The molecule has 12 atom stereocenters. The van der Waals surface area contributed by atoms with Crippen LogP contribution in [0, 0.1) is 28.1 Å². The van der Waals surface area contributed by atoms with Crippen LogP contribution in [0.1, 0.15) is 41.5 Å². The molecule has 13 nitrogen and oxygen atoms in total. The van der Waals surface area contributed by atoms with Gasteiger partial charge in [0.05, 0.1) is 5.92 Å². The molecule has 6 aliphatic rings. The Hall–Kier alpha value is -2.77. The van der Waals surface area contributed by atoms with Crippen LogP contribution in [0.25, 0.3) is 0 Å². The van der Waals surface area contributed by atoms with Crippen LogP contribution in [-0.2, 0) is 52.4 Å². The first kappa shape index (κ1) is 24.6. The molecular formula is C24H28O13. The van der Waals surface area contributed by atoms with Gasteiger partial charge >= 0.3 is 29.8 Å². The van der Waals surface area contributed by atoms with Crippen molar-refractivity contribution in [3.8, 4) is 0 Å². The van der Waals surface area contributed by atoms with Gasteiger partial charge in [0.1, 0.15) is 23.0 Å². The maximum Gasteiger partial charge on any atom is 0.350 e. The van der Waals surface area contributed by atoms with Crippen LogP contribution in [-0.4, -0.2) is 88.1 Å². The van der Waals surface area contributed by atoms with Crippen molar-refractivity contribution in [2.75, 3.05) is 0 Å². The molecule has 0 unspecified atom stereocenters. The summed E-state index contributed by atoms with van der Waals surface area (Å²) in [6.07, 6.45) is -9.64. The smallest absolute Gasteiger partial charge is 0.350 e. The highest BCUT2D eigenvalue weighted by molar-refractivity contribution is 5.94. The number of esters is 5. The summed E-state index contributed by atoms with van der Waals surface area (Å²) in [4.78, 5) is 64.3. The van der Waals surface area contributed by atoms with Crippen molar-refractivity contribution in [2.45, 2.75) is 89.6 Å². The number of carbonyl (C=O) groups excluding carboxylic acids is 5. The van der Waals surface area contributed by atoms with Crippen LogP contribution >= 0.6 is 0 Å². The highest BCUT2D eigenvalue weighted by Crippen LogP contribution is 2.85. The van der Waals surface area contributed by atoms with Gasteiger partial charge in [-0.15, -0.1) is 0 Å². The maximum atomic E-state index is 13.8. The number of ether oxygens (including phenoxy) is 6. The van der Waals surface area contributed by atoms with Crippen molar-refractivity contribution in [3.63, 3.8) is 0 Å². The van der Waals surface area contributed by atoms with Crippen LogP contribution in [0.4, 0.5) is 0 Å². The van der Waals surface area contributed by atoms with Crippen molar-refractivity contribution in [3.05, 3.63) is 0 Å². The van der Waals surface area contributed by atoms with Crippen LogP contribution in [0.2, 0.25) is 0 Å². The lowest BCUT2D eigenvalue weighted by atomic mass is 9.51. The Morgan fingerprint density at radius 2 is 1.57 bits per heavy atom. The Morgan fingerprint density at radius 1 is 0.946 bits per heavy atom. The van der Waals surface area contributed by atoms with Crippen molar-refractivity contribution in [2.24, 2.45) is 28.1 Å². The zero-order valence-corrected chi connectivity index (χ0v) is 21.0. The van der Waals surface area contributed by atoms with Gasteiger partial charge in [-0.2, -0.15) is 0 Å². The fourth-order valence-corrected chi connectivity index (χ4v) is 8.83. The predicted molar refractivity (Wildman–Crippen MR) is 112 cm³/mol. The average Bonchev–Trinajstić information content (AvgIpc) is 3.46. The summed E-state index contributed by atoms with van der Waals surface area (Å²) >= 11 is 0. The van der Waals surface area contributed by atoms with Crippen molar-refractivity contribution in [1.29, 1.82) is 0 Å². The minimum atomic E-state index is -2.48. The summed E-state index contributed by atoms with van der Waals surface area (Å²) in [6, 6.07) is 0. The molecule has 0 bridgehead atoms. The third kappa shape index (κ3) is 2.13. The Kier molecular flexibility index (Phi) is 4.39. The number of fused-ring (bicyclic) bond motifs is 1. The molecule has 0 amide bonds. The van der Waals surface area contributed by atoms with Gasteiger partial charge in [0.2, 0.25) is 18.0 Å². The molecule has 6 fully saturated rings. The molecule has 0 aromatic heterocycles. The lowest BCUT2D eigenvalue weighted by Gasteiger charge is -2.47. The lowest BCUT2D eigenvalue weighted by molar-refractivity contribution is -0.240. The van der Waals surface area contributed by atoms with Gasteiger partial charge in [0, 0.05) is 19.8 Å². The van der Waals surface area contributed by atoms with Gasteiger partial charge in [-0.05, 0) is 12.3 Å². The van der Waals surface area contributed by atoms with E-state index in [0.717, 1.165) is 13.8 Å². The molecule has 4 heterocycles. The Balaban J connectivity index is 1.74. The first-order valence-electron chi connectivity index (χ1n) is 12.1. The summed E-state index contributed by atoms with van der Waals surface area (Å²) in [5, 5.41) is 24.2.